The predicted molar refractivity (Wildman–Crippen MR) is 81.8 cm³/mol. The maximum Gasteiger partial charge on any atom is 0.131 e. The fourth-order valence-corrected chi connectivity index (χ4v) is 2.36. The quantitative estimate of drug-likeness (QED) is 0.752. The van der Waals surface area contributed by atoms with Crippen molar-refractivity contribution in [3.05, 3.63) is 29.6 Å². The SMILES string of the molecule is CCCCN(C)CCC(NC)c1c(F)cccc1OC. The van der Waals surface area contributed by atoms with Gasteiger partial charge in [0.2, 0.25) is 0 Å². The van der Waals surface area contributed by atoms with Gasteiger partial charge in [-0.15, -0.1) is 0 Å². The predicted octanol–water partition coefficient (Wildman–Crippen LogP) is 3.22. The fraction of sp³-hybridized carbons (Fsp3) is 0.625. The average molecular weight is 282 g/mol. The third kappa shape index (κ3) is 4.76. The molecule has 0 saturated carbocycles. The largest absolute Gasteiger partial charge is 0.496 e. The maximum atomic E-state index is 14.1. The zero-order valence-corrected chi connectivity index (χ0v) is 13.1. The van der Waals surface area contributed by atoms with Crippen molar-refractivity contribution in [2.24, 2.45) is 0 Å². The normalized spacial score (nSPS) is 12.7. The number of methoxy groups -OCH3 is 1. The third-order valence-electron chi connectivity index (χ3n) is 3.62. The summed E-state index contributed by atoms with van der Waals surface area (Å²) in [6.07, 6.45) is 3.25. The number of hydrogen-bond donors (Lipinski definition) is 1. The minimum absolute atomic E-state index is 0.0322. The number of nitrogens with one attached hydrogen (secondary N) is 1. The summed E-state index contributed by atoms with van der Waals surface area (Å²) < 4.78 is 19.4. The molecule has 0 saturated heterocycles. The number of hydrogen-bond acceptors (Lipinski definition) is 3. The lowest BCUT2D eigenvalue weighted by molar-refractivity contribution is 0.301. The summed E-state index contributed by atoms with van der Waals surface area (Å²) in [5.41, 5.74) is 0.626. The van der Waals surface area contributed by atoms with Gasteiger partial charge in [-0.25, -0.2) is 4.39 Å². The zero-order valence-electron chi connectivity index (χ0n) is 13.1. The molecule has 20 heavy (non-hydrogen) atoms. The fourth-order valence-electron chi connectivity index (χ4n) is 2.36. The minimum Gasteiger partial charge on any atom is -0.496 e. The molecule has 0 radical (unpaired) electrons. The molecule has 0 amide bonds. The summed E-state index contributed by atoms with van der Waals surface area (Å²) in [6, 6.07) is 4.94. The lowest BCUT2D eigenvalue weighted by Crippen LogP contribution is -2.27. The maximum absolute atomic E-state index is 14.1. The summed E-state index contributed by atoms with van der Waals surface area (Å²) in [6.45, 7) is 4.21. The Labute approximate surface area is 122 Å². The Morgan fingerprint density at radius 2 is 2.10 bits per heavy atom. The van der Waals surface area contributed by atoms with Crippen molar-refractivity contribution in [2.45, 2.75) is 32.2 Å². The minimum atomic E-state index is -0.208. The second kappa shape index (κ2) is 8.93. The van der Waals surface area contributed by atoms with E-state index in [0.29, 0.717) is 11.3 Å². The lowest BCUT2D eigenvalue weighted by Gasteiger charge is -2.23. The van der Waals surface area contributed by atoms with Gasteiger partial charge >= 0.3 is 0 Å². The molecular formula is C16H27FN2O. The van der Waals surface area contributed by atoms with Crippen LogP contribution in [-0.4, -0.2) is 39.2 Å². The van der Waals surface area contributed by atoms with Gasteiger partial charge in [0.15, 0.2) is 0 Å². The third-order valence-corrected chi connectivity index (χ3v) is 3.62. The molecule has 1 rings (SSSR count). The van der Waals surface area contributed by atoms with Crippen molar-refractivity contribution >= 4 is 0 Å². The van der Waals surface area contributed by atoms with Crippen LogP contribution in [-0.2, 0) is 0 Å². The number of nitrogens with zero attached hydrogens (tertiary/aromatic N) is 1. The van der Waals surface area contributed by atoms with Gasteiger partial charge in [0.1, 0.15) is 11.6 Å². The average Bonchev–Trinajstić information content (AvgIpc) is 2.46. The molecule has 1 aromatic rings. The highest BCUT2D eigenvalue weighted by molar-refractivity contribution is 5.37. The van der Waals surface area contributed by atoms with Crippen LogP contribution in [0.3, 0.4) is 0 Å². The van der Waals surface area contributed by atoms with Crippen molar-refractivity contribution in [2.75, 3.05) is 34.3 Å². The van der Waals surface area contributed by atoms with Gasteiger partial charge in [0.25, 0.3) is 0 Å². The molecule has 1 atom stereocenters. The standard InChI is InChI=1S/C16H27FN2O/c1-5-6-11-19(3)12-10-14(18-2)16-13(17)8-7-9-15(16)20-4/h7-9,14,18H,5-6,10-12H2,1-4H3. The van der Waals surface area contributed by atoms with E-state index in [4.69, 9.17) is 4.74 Å². The highest BCUT2D eigenvalue weighted by atomic mass is 19.1. The van der Waals surface area contributed by atoms with E-state index in [1.165, 1.54) is 18.9 Å². The number of rotatable bonds is 9. The molecule has 114 valence electrons. The Kier molecular flexibility index (Phi) is 7.55. The van der Waals surface area contributed by atoms with Gasteiger partial charge < -0.3 is 15.0 Å². The van der Waals surface area contributed by atoms with Gasteiger partial charge in [-0.2, -0.15) is 0 Å². The molecule has 0 aliphatic rings. The van der Waals surface area contributed by atoms with Crippen LogP contribution in [0, 0.1) is 5.82 Å². The van der Waals surface area contributed by atoms with E-state index in [9.17, 15) is 4.39 Å². The van der Waals surface area contributed by atoms with E-state index in [2.05, 4.69) is 24.2 Å². The van der Waals surface area contributed by atoms with Crippen LogP contribution in [0.2, 0.25) is 0 Å². The van der Waals surface area contributed by atoms with E-state index >= 15 is 0 Å². The Hall–Kier alpha value is -1.13. The highest BCUT2D eigenvalue weighted by Crippen LogP contribution is 2.29. The number of ether oxygens (including phenoxy) is 1. The number of benzene rings is 1. The van der Waals surface area contributed by atoms with E-state index in [-0.39, 0.29) is 11.9 Å². The van der Waals surface area contributed by atoms with Crippen LogP contribution >= 0.6 is 0 Å². The van der Waals surface area contributed by atoms with Crippen molar-refractivity contribution < 1.29 is 9.13 Å². The molecule has 0 bridgehead atoms. The van der Waals surface area contributed by atoms with Crippen molar-refractivity contribution in [3.8, 4) is 5.75 Å². The molecule has 0 aliphatic heterocycles. The van der Waals surface area contributed by atoms with Gasteiger partial charge in [0, 0.05) is 11.6 Å². The van der Waals surface area contributed by atoms with Gasteiger partial charge in [0.05, 0.1) is 7.11 Å². The second-order valence-electron chi connectivity index (χ2n) is 5.14. The molecule has 1 unspecified atom stereocenters. The van der Waals surface area contributed by atoms with E-state index in [1.54, 1.807) is 13.2 Å². The molecule has 0 aliphatic carbocycles. The smallest absolute Gasteiger partial charge is 0.131 e. The first-order valence-electron chi connectivity index (χ1n) is 7.32. The van der Waals surface area contributed by atoms with E-state index in [1.807, 2.05) is 13.1 Å². The van der Waals surface area contributed by atoms with Gasteiger partial charge in [-0.05, 0) is 52.2 Å². The summed E-state index contributed by atoms with van der Waals surface area (Å²) >= 11 is 0. The molecule has 4 heteroatoms. The Morgan fingerprint density at radius 3 is 2.70 bits per heavy atom. The van der Waals surface area contributed by atoms with Crippen molar-refractivity contribution in [3.63, 3.8) is 0 Å². The first-order valence-corrected chi connectivity index (χ1v) is 7.32. The number of halogens is 1. The monoisotopic (exact) mass is 282 g/mol. The van der Waals surface area contributed by atoms with Crippen LogP contribution < -0.4 is 10.1 Å². The van der Waals surface area contributed by atoms with E-state index < -0.39 is 0 Å². The molecule has 3 nitrogen and oxygen atoms in total. The molecule has 1 aromatic carbocycles. The highest BCUT2D eigenvalue weighted by Gasteiger charge is 2.19. The van der Waals surface area contributed by atoms with Crippen LogP contribution in [0.15, 0.2) is 18.2 Å². The van der Waals surface area contributed by atoms with Gasteiger partial charge in [-0.1, -0.05) is 19.4 Å². The Bertz CT molecular complexity index is 398. The van der Waals surface area contributed by atoms with Crippen LogP contribution in [0.4, 0.5) is 4.39 Å². The first kappa shape index (κ1) is 16.9. The van der Waals surface area contributed by atoms with Crippen molar-refractivity contribution in [1.29, 1.82) is 0 Å². The van der Waals surface area contributed by atoms with Crippen LogP contribution in [0.5, 0.6) is 5.75 Å². The zero-order chi connectivity index (χ0) is 15.0. The molecular weight excluding hydrogens is 255 g/mol. The van der Waals surface area contributed by atoms with Gasteiger partial charge in [-0.3, -0.25) is 0 Å². The van der Waals surface area contributed by atoms with Crippen LogP contribution in [0.1, 0.15) is 37.8 Å². The summed E-state index contributed by atoms with van der Waals surface area (Å²) in [4.78, 5) is 2.29. The van der Waals surface area contributed by atoms with E-state index in [0.717, 1.165) is 19.5 Å². The first-order chi connectivity index (χ1) is 9.63. The topological polar surface area (TPSA) is 24.5 Å². The summed E-state index contributed by atoms with van der Waals surface area (Å²) in [5, 5.41) is 3.20. The van der Waals surface area contributed by atoms with Crippen LogP contribution in [0.25, 0.3) is 0 Å². The molecule has 0 fully saturated rings. The molecule has 0 heterocycles. The summed E-state index contributed by atoms with van der Waals surface area (Å²) in [5.74, 6) is 0.403. The Morgan fingerprint density at radius 1 is 1.35 bits per heavy atom. The Balaban J connectivity index is 2.71. The van der Waals surface area contributed by atoms with Crippen molar-refractivity contribution in [1.82, 2.24) is 10.2 Å². The summed E-state index contributed by atoms with van der Waals surface area (Å²) in [7, 11) is 5.56. The molecule has 0 aromatic heterocycles. The molecule has 1 N–H and O–H groups in total. The second-order valence-corrected chi connectivity index (χ2v) is 5.14. The molecule has 0 spiro atoms. The number of unbranched alkanes of at least 4 members (excludes halogenated alkanes) is 1. The lowest BCUT2D eigenvalue weighted by atomic mass is 10.0.